The minimum Gasteiger partial charge on any atom is -0.370 e. The summed E-state index contributed by atoms with van der Waals surface area (Å²) in [6.07, 6.45) is 1.81. The average molecular weight is 249 g/mol. The van der Waals surface area contributed by atoms with E-state index in [1.54, 1.807) is 6.07 Å². The smallest absolute Gasteiger partial charge is 0.270 e. The van der Waals surface area contributed by atoms with Gasteiger partial charge in [-0.05, 0) is 38.8 Å². The first-order valence-electron chi connectivity index (χ1n) is 6.58. The van der Waals surface area contributed by atoms with Gasteiger partial charge >= 0.3 is 0 Å². The molecule has 0 saturated carbocycles. The second-order valence-corrected chi connectivity index (χ2v) is 4.66. The summed E-state index contributed by atoms with van der Waals surface area (Å²) in [6, 6.07) is 5.44. The topological polar surface area (TPSA) is 54.0 Å². The number of amides is 1. The lowest BCUT2D eigenvalue weighted by Gasteiger charge is -2.28. The van der Waals surface area contributed by atoms with Crippen LogP contribution in [0.5, 0.6) is 0 Å². The van der Waals surface area contributed by atoms with Gasteiger partial charge in [-0.2, -0.15) is 0 Å². The van der Waals surface area contributed by atoms with Gasteiger partial charge in [0.05, 0.1) is 0 Å². The van der Waals surface area contributed by atoms with Gasteiger partial charge < -0.3 is 10.6 Å². The molecule has 0 atom stereocenters. The summed E-state index contributed by atoms with van der Waals surface area (Å²) in [5.74, 6) is 0.626. The Hall–Kier alpha value is -1.58. The molecule has 0 fully saturated rings. The highest BCUT2D eigenvalue weighted by molar-refractivity contribution is 5.93. The highest BCUT2D eigenvalue weighted by Gasteiger charge is 2.23. The Labute approximate surface area is 109 Å². The number of carbonyl (C=O) groups is 1. The van der Waals surface area contributed by atoms with Gasteiger partial charge in [-0.1, -0.05) is 19.9 Å². The second-order valence-electron chi connectivity index (χ2n) is 4.66. The molecule has 1 aromatic rings. The van der Waals surface area contributed by atoms with E-state index in [0.29, 0.717) is 5.69 Å². The predicted octanol–water partition coefficient (Wildman–Crippen LogP) is 2.82. The van der Waals surface area contributed by atoms with Gasteiger partial charge in [0.1, 0.15) is 11.5 Å². The Bertz CT molecular complexity index is 400. The van der Waals surface area contributed by atoms with E-state index in [-0.39, 0.29) is 11.4 Å². The first kappa shape index (κ1) is 14.5. The molecule has 0 spiro atoms. The number of hydrogen-bond acceptors (Lipinski definition) is 3. The third-order valence-electron chi connectivity index (χ3n) is 3.32. The zero-order chi connectivity index (χ0) is 13.6. The normalized spacial score (nSPS) is 11.1. The molecule has 0 aliphatic heterocycles. The molecular weight excluding hydrogens is 226 g/mol. The minimum atomic E-state index is -0.160. The van der Waals surface area contributed by atoms with Gasteiger partial charge in [-0.25, -0.2) is 4.98 Å². The summed E-state index contributed by atoms with van der Waals surface area (Å²) in [6.45, 7) is 9.00. The van der Waals surface area contributed by atoms with Crippen molar-refractivity contribution < 1.29 is 4.79 Å². The van der Waals surface area contributed by atoms with E-state index >= 15 is 0 Å². The first-order chi connectivity index (χ1) is 8.54. The average Bonchev–Trinajstić information content (AvgIpc) is 2.39. The van der Waals surface area contributed by atoms with Crippen molar-refractivity contribution >= 4 is 11.7 Å². The molecule has 0 saturated heterocycles. The van der Waals surface area contributed by atoms with Gasteiger partial charge in [0, 0.05) is 12.1 Å². The molecule has 0 aromatic carbocycles. The lowest BCUT2D eigenvalue weighted by Crippen LogP contribution is -2.45. The third-order valence-corrected chi connectivity index (χ3v) is 3.32. The summed E-state index contributed by atoms with van der Waals surface area (Å²) in [5, 5.41) is 6.15. The van der Waals surface area contributed by atoms with Gasteiger partial charge in [-0.15, -0.1) is 0 Å². The summed E-state index contributed by atoms with van der Waals surface area (Å²) in [5.41, 5.74) is 0.300. The van der Waals surface area contributed by atoms with Crippen molar-refractivity contribution in [2.75, 3.05) is 11.9 Å². The number of pyridine rings is 1. The van der Waals surface area contributed by atoms with E-state index in [4.69, 9.17) is 0 Å². The molecule has 0 bridgehead atoms. The molecule has 1 amide bonds. The monoisotopic (exact) mass is 249 g/mol. The molecule has 2 N–H and O–H groups in total. The molecule has 0 unspecified atom stereocenters. The predicted molar refractivity (Wildman–Crippen MR) is 74.9 cm³/mol. The molecule has 1 aromatic heterocycles. The van der Waals surface area contributed by atoms with E-state index in [0.717, 1.165) is 25.2 Å². The maximum Gasteiger partial charge on any atom is 0.270 e. The van der Waals surface area contributed by atoms with Crippen molar-refractivity contribution in [1.29, 1.82) is 0 Å². The highest BCUT2D eigenvalue weighted by atomic mass is 16.2. The van der Waals surface area contributed by atoms with Crippen LogP contribution in [0.15, 0.2) is 18.2 Å². The Balaban J connectivity index is 2.81. The number of nitrogens with one attached hydrogen (secondary N) is 2. The van der Waals surface area contributed by atoms with Crippen LogP contribution in [0.1, 0.15) is 51.0 Å². The number of aromatic nitrogens is 1. The van der Waals surface area contributed by atoms with Gasteiger partial charge in [0.25, 0.3) is 5.91 Å². The number of rotatable bonds is 6. The van der Waals surface area contributed by atoms with Crippen molar-refractivity contribution in [2.24, 2.45) is 0 Å². The Kier molecular flexibility index (Phi) is 5.13. The minimum absolute atomic E-state index is 0.110. The van der Waals surface area contributed by atoms with Crippen LogP contribution < -0.4 is 10.6 Å². The second kappa shape index (κ2) is 6.38. The summed E-state index contributed by atoms with van der Waals surface area (Å²) in [7, 11) is 0. The van der Waals surface area contributed by atoms with Crippen LogP contribution in [0.25, 0.3) is 0 Å². The van der Waals surface area contributed by atoms with E-state index in [1.165, 1.54) is 0 Å². The summed E-state index contributed by atoms with van der Waals surface area (Å²) >= 11 is 0. The molecule has 4 nitrogen and oxygen atoms in total. The zero-order valence-electron chi connectivity index (χ0n) is 11.7. The molecule has 100 valence electrons. The Morgan fingerprint density at radius 2 is 1.94 bits per heavy atom. The molecule has 0 aliphatic rings. The maximum atomic E-state index is 12.1. The van der Waals surface area contributed by atoms with Gasteiger partial charge in [0.2, 0.25) is 0 Å². The van der Waals surface area contributed by atoms with Crippen molar-refractivity contribution in [1.82, 2.24) is 10.3 Å². The number of nitrogens with zero attached hydrogens (tertiary/aromatic N) is 1. The van der Waals surface area contributed by atoms with Crippen molar-refractivity contribution in [3.05, 3.63) is 23.9 Å². The standard InChI is InChI=1S/C14H23N3O/c1-5-14(4,6-2)17-13(18)11-9-8-10-12(16-11)15-7-3/h8-10H,5-7H2,1-4H3,(H,15,16)(H,17,18). The lowest BCUT2D eigenvalue weighted by atomic mass is 9.95. The SMILES string of the molecule is CCNc1cccc(C(=O)NC(C)(CC)CC)n1. The largest absolute Gasteiger partial charge is 0.370 e. The van der Waals surface area contributed by atoms with E-state index in [1.807, 2.05) is 19.1 Å². The molecule has 1 rings (SSSR count). The van der Waals surface area contributed by atoms with E-state index in [2.05, 4.69) is 36.4 Å². The highest BCUT2D eigenvalue weighted by Crippen LogP contribution is 2.14. The fraction of sp³-hybridized carbons (Fsp3) is 0.571. The molecule has 0 radical (unpaired) electrons. The summed E-state index contributed by atoms with van der Waals surface area (Å²) < 4.78 is 0. The van der Waals surface area contributed by atoms with Gasteiger partial charge in [-0.3, -0.25) is 4.79 Å². The van der Waals surface area contributed by atoms with Crippen molar-refractivity contribution in [2.45, 2.75) is 46.1 Å². The Morgan fingerprint density at radius 1 is 1.28 bits per heavy atom. The van der Waals surface area contributed by atoms with Crippen LogP contribution in [0.3, 0.4) is 0 Å². The lowest BCUT2D eigenvalue weighted by molar-refractivity contribution is 0.0896. The number of anilines is 1. The molecule has 0 aliphatic carbocycles. The fourth-order valence-electron chi connectivity index (χ4n) is 1.61. The number of carbonyl (C=O) groups excluding carboxylic acids is 1. The molecule has 18 heavy (non-hydrogen) atoms. The van der Waals surface area contributed by atoms with Crippen LogP contribution in [0.4, 0.5) is 5.82 Å². The number of hydrogen-bond donors (Lipinski definition) is 2. The van der Waals surface area contributed by atoms with Crippen molar-refractivity contribution in [3.63, 3.8) is 0 Å². The maximum absolute atomic E-state index is 12.1. The van der Waals surface area contributed by atoms with Crippen LogP contribution in [-0.2, 0) is 0 Å². The fourth-order valence-corrected chi connectivity index (χ4v) is 1.61. The van der Waals surface area contributed by atoms with Crippen LogP contribution in [0, 0.1) is 0 Å². The van der Waals surface area contributed by atoms with E-state index < -0.39 is 0 Å². The third kappa shape index (κ3) is 3.72. The van der Waals surface area contributed by atoms with Crippen LogP contribution >= 0.6 is 0 Å². The van der Waals surface area contributed by atoms with Gasteiger partial charge in [0.15, 0.2) is 0 Å². The van der Waals surface area contributed by atoms with Crippen LogP contribution in [-0.4, -0.2) is 23.0 Å². The zero-order valence-corrected chi connectivity index (χ0v) is 11.7. The van der Waals surface area contributed by atoms with Crippen molar-refractivity contribution in [3.8, 4) is 0 Å². The quantitative estimate of drug-likeness (QED) is 0.815. The summed E-state index contributed by atoms with van der Waals surface area (Å²) in [4.78, 5) is 16.4. The molecular formula is C14H23N3O. The van der Waals surface area contributed by atoms with E-state index in [9.17, 15) is 4.79 Å². The Morgan fingerprint density at radius 3 is 2.50 bits per heavy atom. The molecule has 4 heteroatoms. The van der Waals surface area contributed by atoms with Crippen LogP contribution in [0.2, 0.25) is 0 Å². The first-order valence-corrected chi connectivity index (χ1v) is 6.58. The molecule has 1 heterocycles.